The SMILES string of the molecule is CC(C)n1ncc2c(C(=O)Oc3ccc(Oc4ccccn4)cc3)cc(C3CC3)nc21. The van der Waals surface area contributed by atoms with Crippen LogP contribution in [0.5, 0.6) is 17.4 Å². The summed E-state index contributed by atoms with van der Waals surface area (Å²) in [4.78, 5) is 22.0. The van der Waals surface area contributed by atoms with Gasteiger partial charge in [-0.2, -0.15) is 5.10 Å². The van der Waals surface area contributed by atoms with Crippen LogP contribution in [0.2, 0.25) is 0 Å². The van der Waals surface area contributed by atoms with Crippen molar-refractivity contribution in [3.8, 4) is 17.4 Å². The van der Waals surface area contributed by atoms with Crippen LogP contribution in [0.3, 0.4) is 0 Å². The van der Waals surface area contributed by atoms with Crippen LogP contribution in [0.25, 0.3) is 11.0 Å². The predicted octanol–water partition coefficient (Wildman–Crippen LogP) is 5.30. The Morgan fingerprint density at radius 1 is 1.10 bits per heavy atom. The molecule has 5 rings (SSSR count). The van der Waals surface area contributed by atoms with Gasteiger partial charge in [0.2, 0.25) is 5.88 Å². The number of hydrogen-bond donors (Lipinski definition) is 0. The first-order valence-electron chi connectivity index (χ1n) is 10.4. The predicted molar refractivity (Wildman–Crippen MR) is 116 cm³/mol. The molecule has 3 heterocycles. The summed E-state index contributed by atoms with van der Waals surface area (Å²) in [5, 5.41) is 5.15. The standard InChI is InChI=1S/C24H22N4O3/c1-15(2)28-23-20(14-26-28)19(13-21(27-23)16-6-7-16)24(29)31-18-10-8-17(9-11-18)30-22-5-3-4-12-25-22/h3-5,8-16H,6-7H2,1-2H3. The first kappa shape index (κ1) is 19.2. The first-order valence-corrected chi connectivity index (χ1v) is 10.4. The van der Waals surface area contributed by atoms with E-state index in [9.17, 15) is 4.79 Å². The zero-order valence-corrected chi connectivity index (χ0v) is 17.4. The van der Waals surface area contributed by atoms with E-state index < -0.39 is 5.97 Å². The fourth-order valence-electron chi connectivity index (χ4n) is 3.44. The second-order valence-electron chi connectivity index (χ2n) is 7.92. The van der Waals surface area contributed by atoms with Gasteiger partial charge in [0.05, 0.1) is 17.1 Å². The van der Waals surface area contributed by atoms with Crippen LogP contribution in [-0.4, -0.2) is 25.7 Å². The minimum Gasteiger partial charge on any atom is -0.439 e. The van der Waals surface area contributed by atoms with Crippen LogP contribution in [0.1, 0.15) is 54.7 Å². The number of esters is 1. The number of ether oxygens (including phenoxy) is 2. The van der Waals surface area contributed by atoms with Gasteiger partial charge in [0.25, 0.3) is 0 Å². The molecule has 1 aromatic carbocycles. The molecule has 1 fully saturated rings. The van der Waals surface area contributed by atoms with Crippen molar-refractivity contribution in [3.63, 3.8) is 0 Å². The Morgan fingerprint density at radius 2 is 1.87 bits per heavy atom. The van der Waals surface area contributed by atoms with Gasteiger partial charge >= 0.3 is 5.97 Å². The smallest absolute Gasteiger partial charge is 0.344 e. The molecule has 0 N–H and O–H groups in total. The molecule has 1 aliphatic rings. The van der Waals surface area contributed by atoms with Gasteiger partial charge in [-0.15, -0.1) is 0 Å². The van der Waals surface area contributed by atoms with Crippen molar-refractivity contribution in [1.29, 1.82) is 0 Å². The number of nitrogens with zero attached hydrogens (tertiary/aromatic N) is 4. The number of aromatic nitrogens is 4. The van der Waals surface area contributed by atoms with Gasteiger partial charge in [-0.25, -0.2) is 19.4 Å². The van der Waals surface area contributed by atoms with Gasteiger partial charge in [-0.05, 0) is 63.1 Å². The number of carbonyl (C=O) groups excluding carboxylic acids is 1. The Bertz CT molecular complexity index is 1230. The molecule has 1 saturated carbocycles. The largest absolute Gasteiger partial charge is 0.439 e. The van der Waals surface area contributed by atoms with Crippen molar-refractivity contribution >= 4 is 17.0 Å². The third-order valence-corrected chi connectivity index (χ3v) is 5.19. The molecule has 0 radical (unpaired) electrons. The highest BCUT2D eigenvalue weighted by molar-refractivity contribution is 6.03. The summed E-state index contributed by atoms with van der Waals surface area (Å²) in [5.41, 5.74) is 2.15. The molecular formula is C24H22N4O3. The lowest BCUT2D eigenvalue weighted by molar-refractivity contribution is 0.0736. The lowest BCUT2D eigenvalue weighted by Gasteiger charge is -2.10. The molecule has 4 aromatic rings. The van der Waals surface area contributed by atoms with Crippen LogP contribution in [0, 0.1) is 0 Å². The summed E-state index contributed by atoms with van der Waals surface area (Å²) in [6.45, 7) is 4.09. The highest BCUT2D eigenvalue weighted by Crippen LogP contribution is 2.40. The maximum absolute atomic E-state index is 13.1. The zero-order chi connectivity index (χ0) is 21.4. The Hall–Kier alpha value is -3.74. The van der Waals surface area contributed by atoms with Crippen LogP contribution in [0.15, 0.2) is 60.9 Å². The molecule has 0 unspecified atom stereocenters. The molecule has 0 atom stereocenters. The molecule has 31 heavy (non-hydrogen) atoms. The van der Waals surface area contributed by atoms with Crippen molar-refractivity contribution in [3.05, 3.63) is 72.2 Å². The molecule has 3 aromatic heterocycles. The Kier molecular flexibility index (Phi) is 4.86. The summed E-state index contributed by atoms with van der Waals surface area (Å²) in [5.74, 6) is 1.54. The number of rotatable bonds is 6. The van der Waals surface area contributed by atoms with E-state index in [1.807, 2.05) is 36.7 Å². The van der Waals surface area contributed by atoms with E-state index in [1.54, 1.807) is 42.7 Å². The first-order chi connectivity index (χ1) is 15.1. The molecule has 1 aliphatic carbocycles. The van der Waals surface area contributed by atoms with E-state index in [0.717, 1.165) is 24.2 Å². The van der Waals surface area contributed by atoms with E-state index in [0.29, 0.717) is 34.2 Å². The number of benzene rings is 1. The molecule has 0 aliphatic heterocycles. The highest BCUT2D eigenvalue weighted by atomic mass is 16.5. The topological polar surface area (TPSA) is 79.1 Å². The average molecular weight is 414 g/mol. The van der Waals surface area contributed by atoms with Gasteiger partial charge < -0.3 is 9.47 Å². The minimum atomic E-state index is -0.420. The van der Waals surface area contributed by atoms with Gasteiger partial charge in [0.15, 0.2) is 5.65 Å². The number of fused-ring (bicyclic) bond motifs is 1. The van der Waals surface area contributed by atoms with E-state index in [4.69, 9.17) is 14.5 Å². The van der Waals surface area contributed by atoms with Crippen LogP contribution in [0.4, 0.5) is 0 Å². The maximum atomic E-state index is 13.1. The third-order valence-electron chi connectivity index (χ3n) is 5.19. The van der Waals surface area contributed by atoms with Gasteiger partial charge in [-0.3, -0.25) is 0 Å². The molecular weight excluding hydrogens is 392 g/mol. The number of pyridine rings is 2. The number of carbonyl (C=O) groups is 1. The molecule has 7 heteroatoms. The van der Waals surface area contributed by atoms with Gasteiger partial charge in [0, 0.05) is 29.9 Å². The van der Waals surface area contributed by atoms with Crippen molar-refractivity contribution in [2.24, 2.45) is 0 Å². The Balaban J connectivity index is 1.40. The quantitative estimate of drug-likeness (QED) is 0.315. The summed E-state index contributed by atoms with van der Waals surface area (Å²) in [7, 11) is 0. The lowest BCUT2D eigenvalue weighted by atomic mass is 10.1. The molecule has 0 spiro atoms. The monoisotopic (exact) mass is 414 g/mol. The molecule has 0 bridgehead atoms. The van der Waals surface area contributed by atoms with Crippen molar-refractivity contribution < 1.29 is 14.3 Å². The molecule has 0 amide bonds. The van der Waals surface area contributed by atoms with E-state index >= 15 is 0 Å². The third kappa shape index (κ3) is 3.99. The normalized spacial score (nSPS) is 13.5. The van der Waals surface area contributed by atoms with E-state index in [1.165, 1.54) is 0 Å². The van der Waals surface area contributed by atoms with Crippen LogP contribution < -0.4 is 9.47 Å². The number of hydrogen-bond acceptors (Lipinski definition) is 6. The van der Waals surface area contributed by atoms with Crippen molar-refractivity contribution in [2.45, 2.75) is 38.6 Å². The summed E-state index contributed by atoms with van der Waals surface area (Å²) < 4.78 is 13.2. The Labute approximate surface area is 179 Å². The minimum absolute atomic E-state index is 0.148. The van der Waals surface area contributed by atoms with Crippen LogP contribution >= 0.6 is 0 Å². The van der Waals surface area contributed by atoms with Gasteiger partial charge in [0.1, 0.15) is 11.5 Å². The average Bonchev–Trinajstić information content (AvgIpc) is 3.54. The second kappa shape index (κ2) is 7.83. The van der Waals surface area contributed by atoms with Crippen molar-refractivity contribution in [1.82, 2.24) is 19.7 Å². The molecule has 156 valence electrons. The summed E-state index contributed by atoms with van der Waals surface area (Å²) in [6, 6.07) is 14.3. The lowest BCUT2D eigenvalue weighted by Crippen LogP contribution is -2.11. The molecule has 7 nitrogen and oxygen atoms in total. The second-order valence-corrected chi connectivity index (χ2v) is 7.92. The maximum Gasteiger partial charge on any atom is 0.344 e. The van der Waals surface area contributed by atoms with E-state index in [-0.39, 0.29) is 6.04 Å². The van der Waals surface area contributed by atoms with Crippen LogP contribution in [-0.2, 0) is 0 Å². The molecule has 0 saturated heterocycles. The van der Waals surface area contributed by atoms with Gasteiger partial charge in [-0.1, -0.05) is 6.07 Å². The van der Waals surface area contributed by atoms with Crippen molar-refractivity contribution in [2.75, 3.05) is 0 Å². The summed E-state index contributed by atoms with van der Waals surface area (Å²) in [6.07, 6.45) is 5.55. The fourth-order valence-corrected chi connectivity index (χ4v) is 3.44. The zero-order valence-electron chi connectivity index (χ0n) is 17.4. The highest BCUT2D eigenvalue weighted by Gasteiger charge is 2.28. The van der Waals surface area contributed by atoms with E-state index in [2.05, 4.69) is 10.1 Å². The summed E-state index contributed by atoms with van der Waals surface area (Å²) >= 11 is 0. The fraction of sp³-hybridized carbons (Fsp3) is 0.250. The Morgan fingerprint density at radius 3 is 2.55 bits per heavy atom.